The molecular weight excluding hydrogens is 400 g/mol. The molecule has 0 spiro atoms. The van der Waals surface area contributed by atoms with Crippen molar-refractivity contribution in [2.24, 2.45) is 71.0 Å². The highest BCUT2D eigenvalue weighted by atomic mass is 16.6. The summed E-state index contributed by atoms with van der Waals surface area (Å²) < 4.78 is 4.99. The van der Waals surface area contributed by atoms with Crippen molar-refractivity contribution in [2.75, 3.05) is 6.61 Å². The molecule has 4 saturated carbocycles. The van der Waals surface area contributed by atoms with Crippen molar-refractivity contribution in [3.63, 3.8) is 0 Å². The van der Waals surface area contributed by atoms with Crippen LogP contribution in [0.2, 0.25) is 0 Å². The topological polar surface area (TPSA) is 118 Å². The van der Waals surface area contributed by atoms with Gasteiger partial charge >= 0.3 is 17.9 Å². The number of rotatable bonds is 6. The number of carboxylic acids is 1. The third-order valence-electron chi connectivity index (χ3n) is 9.94. The maximum Gasteiger partial charge on any atom is 0.317 e. The number of hydrogen-bond acceptors (Lipinski definition) is 6. The molecule has 0 radical (unpaired) electrons. The van der Waals surface area contributed by atoms with Gasteiger partial charge in [-0.3, -0.25) is 19.2 Å². The Morgan fingerprint density at radius 3 is 2.13 bits per heavy atom. The molecule has 4 aliphatic carbocycles. The first kappa shape index (κ1) is 21.1. The van der Waals surface area contributed by atoms with E-state index in [1.54, 1.807) is 6.92 Å². The fourth-order valence-electron chi connectivity index (χ4n) is 8.96. The lowest BCUT2D eigenvalue weighted by Crippen LogP contribution is -2.46. The van der Waals surface area contributed by atoms with E-state index in [2.05, 4.69) is 6.92 Å². The number of ketones is 1. The minimum atomic E-state index is -0.749. The zero-order chi connectivity index (χ0) is 22.2. The van der Waals surface area contributed by atoms with Crippen LogP contribution in [0, 0.1) is 71.0 Å². The molecule has 0 amide bonds. The van der Waals surface area contributed by atoms with Crippen molar-refractivity contribution in [1.29, 1.82) is 0 Å². The Morgan fingerprint density at radius 2 is 1.55 bits per heavy atom. The van der Waals surface area contributed by atoms with Gasteiger partial charge in [0.05, 0.1) is 17.8 Å². The maximum absolute atomic E-state index is 12.7. The van der Waals surface area contributed by atoms with E-state index in [9.17, 15) is 29.4 Å². The van der Waals surface area contributed by atoms with Crippen molar-refractivity contribution >= 4 is 23.7 Å². The smallest absolute Gasteiger partial charge is 0.317 e. The highest BCUT2D eigenvalue weighted by Crippen LogP contribution is 2.68. The minimum Gasteiger partial charge on any atom is -0.481 e. The molecule has 2 N–H and O–H groups in total. The van der Waals surface area contributed by atoms with Gasteiger partial charge < -0.3 is 14.9 Å². The first-order valence-corrected chi connectivity index (χ1v) is 11.9. The Hall–Kier alpha value is -1.76. The number of cyclic esters (lactones) is 2. The molecule has 0 aromatic carbocycles. The second-order valence-electron chi connectivity index (χ2n) is 10.9. The van der Waals surface area contributed by atoms with Crippen molar-refractivity contribution in [2.45, 2.75) is 46.0 Å². The Morgan fingerprint density at radius 1 is 0.903 bits per heavy atom. The van der Waals surface area contributed by atoms with Gasteiger partial charge in [-0.2, -0.15) is 0 Å². The van der Waals surface area contributed by atoms with Crippen LogP contribution >= 0.6 is 0 Å². The van der Waals surface area contributed by atoms with Gasteiger partial charge in [-0.1, -0.05) is 13.8 Å². The molecule has 12 atom stereocenters. The normalized spacial score (nSPS) is 50.3. The Balaban J connectivity index is 1.46. The number of carbonyl (C=O) groups is 4. The van der Waals surface area contributed by atoms with Gasteiger partial charge in [-0.05, 0) is 73.0 Å². The number of fused-ring (bicyclic) bond motifs is 4. The zero-order valence-corrected chi connectivity index (χ0v) is 18.1. The van der Waals surface area contributed by atoms with E-state index in [1.807, 2.05) is 0 Å². The molecule has 0 aromatic rings. The van der Waals surface area contributed by atoms with E-state index in [4.69, 9.17) is 4.74 Å². The fraction of sp³-hybridized carbons (Fsp3) is 0.833. The van der Waals surface area contributed by atoms with Crippen molar-refractivity contribution < 1.29 is 34.1 Å². The lowest BCUT2D eigenvalue weighted by atomic mass is 9.57. The standard InChI is InChI=1S/C24H32O7/c1-9-13-5-11(6-14(13)17(26)3-4-25)18(9)21-15-7-12(8-16(15)22(27)28)20(21)19-10(2)23(29)31-24(19)30/h9-16,18-21,25H,3-8H2,1-2H3,(H,27,28). The number of carboxylic acid groups (broad SMARTS) is 1. The Kier molecular flexibility index (Phi) is 5.03. The van der Waals surface area contributed by atoms with E-state index < -0.39 is 29.7 Å². The highest BCUT2D eigenvalue weighted by Gasteiger charge is 2.66. The zero-order valence-electron chi connectivity index (χ0n) is 18.1. The monoisotopic (exact) mass is 432 g/mol. The summed E-state index contributed by atoms with van der Waals surface area (Å²) in [6, 6.07) is 0. The van der Waals surface area contributed by atoms with Crippen LogP contribution < -0.4 is 0 Å². The van der Waals surface area contributed by atoms with Crippen molar-refractivity contribution in [3.8, 4) is 0 Å². The first-order valence-electron chi connectivity index (χ1n) is 11.9. The van der Waals surface area contributed by atoms with Crippen molar-refractivity contribution in [3.05, 3.63) is 0 Å². The van der Waals surface area contributed by atoms with Gasteiger partial charge in [0.1, 0.15) is 5.78 Å². The summed E-state index contributed by atoms with van der Waals surface area (Å²) in [5, 5.41) is 19.0. The van der Waals surface area contributed by atoms with Gasteiger partial charge in [0.2, 0.25) is 0 Å². The second-order valence-corrected chi connectivity index (χ2v) is 10.9. The van der Waals surface area contributed by atoms with Crippen LogP contribution in [0.5, 0.6) is 0 Å². The third kappa shape index (κ3) is 2.95. The molecule has 12 unspecified atom stereocenters. The molecule has 7 heteroatoms. The molecule has 5 fully saturated rings. The van der Waals surface area contributed by atoms with Gasteiger partial charge in [0.15, 0.2) is 0 Å². The van der Waals surface area contributed by atoms with Gasteiger partial charge in [0, 0.05) is 18.9 Å². The number of hydrogen-bond donors (Lipinski definition) is 2. The van der Waals surface area contributed by atoms with Gasteiger partial charge in [0.25, 0.3) is 0 Å². The van der Waals surface area contributed by atoms with Crippen LogP contribution in [0.3, 0.4) is 0 Å². The van der Waals surface area contributed by atoms with Crippen LogP contribution in [0.25, 0.3) is 0 Å². The van der Waals surface area contributed by atoms with Gasteiger partial charge in [-0.25, -0.2) is 0 Å². The van der Waals surface area contributed by atoms with Crippen molar-refractivity contribution in [1.82, 2.24) is 0 Å². The summed E-state index contributed by atoms with van der Waals surface area (Å²) >= 11 is 0. The van der Waals surface area contributed by atoms with E-state index in [0.29, 0.717) is 12.3 Å². The molecule has 7 nitrogen and oxygen atoms in total. The number of esters is 2. The van der Waals surface area contributed by atoms with Gasteiger partial charge in [-0.15, -0.1) is 0 Å². The average Bonchev–Trinajstić information content (AvgIpc) is 3.49. The van der Waals surface area contributed by atoms with E-state index in [1.165, 1.54) is 0 Å². The number of aliphatic hydroxyl groups is 1. The van der Waals surface area contributed by atoms with Crippen LogP contribution in [0.4, 0.5) is 0 Å². The highest BCUT2D eigenvalue weighted by molar-refractivity contribution is 5.96. The number of carbonyl (C=O) groups excluding carboxylic acids is 3. The lowest BCUT2D eigenvalue weighted by Gasteiger charge is -2.46. The first-order chi connectivity index (χ1) is 14.7. The maximum atomic E-state index is 12.7. The molecule has 1 aliphatic heterocycles. The summed E-state index contributed by atoms with van der Waals surface area (Å²) in [5.74, 6) is -1.41. The molecule has 170 valence electrons. The number of Topliss-reactive ketones (excluding diaryl/α,β-unsaturated/α-hetero) is 1. The summed E-state index contributed by atoms with van der Waals surface area (Å²) in [4.78, 5) is 49.3. The summed E-state index contributed by atoms with van der Waals surface area (Å²) in [5.41, 5.74) is 0. The molecule has 5 rings (SSSR count). The molecule has 4 bridgehead atoms. The average molecular weight is 433 g/mol. The predicted molar refractivity (Wildman–Crippen MR) is 107 cm³/mol. The molecule has 31 heavy (non-hydrogen) atoms. The minimum absolute atomic E-state index is 0.00653. The SMILES string of the molecule is CC1C(=O)OC(=O)C1C1C2CC(C(=O)O)C(C2)C1C1C2CC(C(=O)CCO)C(C2)C1C. The van der Waals surface area contributed by atoms with Crippen LogP contribution in [-0.4, -0.2) is 40.5 Å². The predicted octanol–water partition coefficient (Wildman–Crippen LogP) is 2.15. The van der Waals surface area contributed by atoms with Crippen LogP contribution in [0.1, 0.15) is 46.0 Å². The molecule has 5 aliphatic rings. The molecular formula is C24H32O7. The van der Waals surface area contributed by atoms with Crippen LogP contribution in [0.15, 0.2) is 0 Å². The summed E-state index contributed by atoms with van der Waals surface area (Å²) in [6.45, 7) is 3.84. The Labute approximate surface area is 181 Å². The third-order valence-corrected chi connectivity index (χ3v) is 9.94. The molecule has 0 aromatic heterocycles. The quantitative estimate of drug-likeness (QED) is 0.488. The second kappa shape index (κ2) is 7.39. The molecule has 1 heterocycles. The number of aliphatic hydroxyl groups excluding tert-OH is 1. The number of ether oxygens (including phenoxy) is 1. The van der Waals surface area contributed by atoms with E-state index in [0.717, 1.165) is 19.3 Å². The summed E-state index contributed by atoms with van der Waals surface area (Å²) in [7, 11) is 0. The lowest BCUT2D eigenvalue weighted by molar-refractivity contribution is -0.154. The van der Waals surface area contributed by atoms with Crippen LogP contribution in [-0.2, 0) is 23.9 Å². The summed E-state index contributed by atoms with van der Waals surface area (Å²) in [6.07, 6.45) is 3.37. The largest absolute Gasteiger partial charge is 0.481 e. The van der Waals surface area contributed by atoms with E-state index in [-0.39, 0.29) is 72.1 Å². The Bertz CT molecular complexity index is 819. The fourth-order valence-corrected chi connectivity index (χ4v) is 8.96. The molecule has 1 saturated heterocycles. The van der Waals surface area contributed by atoms with E-state index >= 15 is 0 Å². The number of aliphatic carboxylic acids is 1.